The molecule has 4 rings (SSSR count). The van der Waals surface area contributed by atoms with Gasteiger partial charge < -0.3 is 26.6 Å². The molecule has 0 aromatic carbocycles. The molecule has 19 heavy (non-hydrogen) atoms. The highest BCUT2D eigenvalue weighted by Crippen LogP contribution is 2.18. The van der Waals surface area contributed by atoms with Crippen molar-refractivity contribution in [2.45, 2.75) is 6.54 Å². The third kappa shape index (κ3) is 3.29. The molecule has 3 saturated heterocycles. The smallest absolute Gasteiger partial charge is 0.275 e. The summed E-state index contributed by atoms with van der Waals surface area (Å²) in [6.07, 6.45) is 1.63. The maximum atomic E-state index is 12.0. The first-order valence-electron chi connectivity index (χ1n) is 6.62. The number of carbonyl (C=O) groups excluding carboxylic acids is 1. The molecule has 3 aliphatic rings. The third-order valence-electron chi connectivity index (χ3n) is 4.19. The summed E-state index contributed by atoms with van der Waals surface area (Å²) in [6, 6.07) is 3.72. The van der Waals surface area contributed by atoms with E-state index in [-0.39, 0.29) is 18.3 Å². The molecule has 3 aliphatic heterocycles. The van der Waals surface area contributed by atoms with E-state index in [1.807, 2.05) is 12.1 Å². The number of hydrogen-bond acceptors (Lipinski definition) is 3. The molecule has 0 spiro atoms. The number of furan rings is 1. The van der Waals surface area contributed by atoms with Gasteiger partial charge in [-0.3, -0.25) is 9.69 Å². The second-order valence-corrected chi connectivity index (χ2v) is 5.37. The van der Waals surface area contributed by atoms with Gasteiger partial charge in [0, 0.05) is 19.6 Å². The van der Waals surface area contributed by atoms with E-state index >= 15 is 0 Å². The fourth-order valence-electron chi connectivity index (χ4n) is 2.93. The Labute approximate surface area is 119 Å². The van der Waals surface area contributed by atoms with Crippen LogP contribution in [0.1, 0.15) is 5.76 Å². The number of amides is 1. The molecule has 0 unspecified atom stereocenters. The summed E-state index contributed by atoms with van der Waals surface area (Å²) < 4.78 is 6.18. The molecule has 5 nitrogen and oxygen atoms in total. The molecule has 0 radical (unpaired) electrons. The quantitative estimate of drug-likeness (QED) is 0.602. The first-order valence-corrected chi connectivity index (χ1v) is 6.62. The average molecular weight is 286 g/mol. The number of carbonyl (C=O) groups is 1. The summed E-state index contributed by atoms with van der Waals surface area (Å²) in [5.74, 6) is 0.952. The van der Waals surface area contributed by atoms with Crippen molar-refractivity contribution in [3.8, 4) is 0 Å². The van der Waals surface area contributed by atoms with E-state index in [4.69, 9.17) is 4.42 Å². The lowest BCUT2D eigenvalue weighted by molar-refractivity contribution is -0.933. The van der Waals surface area contributed by atoms with Crippen LogP contribution in [0.15, 0.2) is 22.8 Å². The maximum absolute atomic E-state index is 12.0. The Kier molecular flexibility index (Phi) is 4.50. The van der Waals surface area contributed by atoms with Crippen LogP contribution in [-0.2, 0) is 11.3 Å². The minimum atomic E-state index is 0. The Morgan fingerprint density at radius 1 is 1.32 bits per heavy atom. The van der Waals surface area contributed by atoms with Crippen LogP contribution in [0.3, 0.4) is 0 Å². The monoisotopic (exact) mass is 285 g/mol. The summed E-state index contributed by atoms with van der Waals surface area (Å²) in [5, 5.41) is 2.95. The fraction of sp³-hybridized carbons (Fsp3) is 0.615. The van der Waals surface area contributed by atoms with E-state index in [0.29, 0.717) is 13.1 Å². The van der Waals surface area contributed by atoms with Gasteiger partial charge in [-0.2, -0.15) is 0 Å². The first-order chi connectivity index (χ1) is 8.76. The van der Waals surface area contributed by atoms with Crippen molar-refractivity contribution in [2.75, 3.05) is 45.8 Å². The molecule has 0 aliphatic carbocycles. The van der Waals surface area contributed by atoms with Gasteiger partial charge in [0.25, 0.3) is 5.91 Å². The molecule has 3 fully saturated rings. The molecule has 6 heteroatoms. The van der Waals surface area contributed by atoms with Crippen molar-refractivity contribution >= 4 is 5.91 Å². The normalized spacial score (nSPS) is 28.7. The Balaban J connectivity index is 0.00000133. The highest BCUT2D eigenvalue weighted by molar-refractivity contribution is 5.77. The highest BCUT2D eigenvalue weighted by atomic mass is 35.5. The molecule has 106 valence electrons. The van der Waals surface area contributed by atoms with Crippen molar-refractivity contribution in [1.29, 1.82) is 0 Å². The number of nitrogens with one attached hydrogen (secondary N) is 1. The standard InChI is InChI=1S/C13H19N3O2.ClH/c17-13(14-10-12-2-1-9-18-12)11-16-6-3-15(4-7-16)5-8-16;/h1-2,9H,3-8,10-11H2;1H. The summed E-state index contributed by atoms with van der Waals surface area (Å²) in [5.41, 5.74) is 0. The van der Waals surface area contributed by atoms with Crippen molar-refractivity contribution in [2.24, 2.45) is 0 Å². The van der Waals surface area contributed by atoms with Crippen LogP contribution in [-0.4, -0.2) is 61.1 Å². The molecular formula is C13H20ClN3O2. The zero-order valence-electron chi connectivity index (χ0n) is 11.0. The van der Waals surface area contributed by atoms with Gasteiger partial charge in [-0.25, -0.2) is 0 Å². The molecule has 0 atom stereocenters. The highest BCUT2D eigenvalue weighted by Gasteiger charge is 2.39. The van der Waals surface area contributed by atoms with Crippen LogP contribution in [0, 0.1) is 0 Å². The van der Waals surface area contributed by atoms with Crippen LogP contribution in [0.4, 0.5) is 0 Å². The Bertz CT molecular complexity index is 400. The van der Waals surface area contributed by atoms with Crippen LogP contribution in [0.2, 0.25) is 0 Å². The fourth-order valence-corrected chi connectivity index (χ4v) is 2.93. The van der Waals surface area contributed by atoms with E-state index in [1.54, 1.807) is 6.26 Å². The van der Waals surface area contributed by atoms with Crippen LogP contribution in [0.5, 0.6) is 0 Å². The number of quaternary nitrogens is 1. The molecule has 1 N–H and O–H groups in total. The van der Waals surface area contributed by atoms with Gasteiger partial charge in [0.2, 0.25) is 0 Å². The van der Waals surface area contributed by atoms with E-state index < -0.39 is 0 Å². The predicted octanol–water partition coefficient (Wildman–Crippen LogP) is -2.95. The Hall–Kier alpha value is -1.04. The minimum Gasteiger partial charge on any atom is -1.00 e. The zero-order chi connectivity index (χ0) is 12.4. The first kappa shape index (κ1) is 14.4. The van der Waals surface area contributed by atoms with Crippen LogP contribution < -0.4 is 17.7 Å². The summed E-state index contributed by atoms with van der Waals surface area (Å²) in [4.78, 5) is 14.5. The second kappa shape index (κ2) is 5.94. The lowest BCUT2D eigenvalue weighted by atomic mass is 10.1. The second-order valence-electron chi connectivity index (χ2n) is 5.37. The lowest BCUT2D eigenvalue weighted by Crippen LogP contribution is -3.00. The summed E-state index contributed by atoms with van der Waals surface area (Å²) >= 11 is 0. The van der Waals surface area contributed by atoms with E-state index in [0.717, 1.165) is 49.5 Å². The summed E-state index contributed by atoms with van der Waals surface area (Å²) in [7, 11) is 0. The number of piperazine rings is 3. The average Bonchev–Trinajstić information content (AvgIpc) is 2.91. The van der Waals surface area contributed by atoms with Crippen molar-refractivity contribution in [1.82, 2.24) is 10.2 Å². The molecule has 1 aromatic rings. The number of fused-ring (bicyclic) bond motifs is 3. The molecule has 1 aromatic heterocycles. The maximum Gasteiger partial charge on any atom is 0.275 e. The SMILES string of the molecule is O=C(C[N+]12CCN(CC1)CC2)NCc1ccco1.[Cl-]. The Morgan fingerprint density at radius 3 is 2.58 bits per heavy atom. The molecule has 4 heterocycles. The van der Waals surface area contributed by atoms with Gasteiger partial charge in [-0.15, -0.1) is 0 Å². The van der Waals surface area contributed by atoms with Gasteiger partial charge in [0.15, 0.2) is 6.54 Å². The largest absolute Gasteiger partial charge is 1.00 e. The molecular weight excluding hydrogens is 266 g/mol. The molecule has 0 saturated carbocycles. The number of nitrogens with zero attached hydrogens (tertiary/aromatic N) is 2. The van der Waals surface area contributed by atoms with E-state index in [1.165, 1.54) is 0 Å². The molecule has 1 amide bonds. The zero-order valence-corrected chi connectivity index (χ0v) is 11.7. The number of halogens is 1. The topological polar surface area (TPSA) is 45.5 Å². The minimum absolute atomic E-state index is 0. The van der Waals surface area contributed by atoms with Gasteiger partial charge in [-0.05, 0) is 12.1 Å². The number of hydrogen-bond donors (Lipinski definition) is 1. The van der Waals surface area contributed by atoms with Crippen LogP contribution >= 0.6 is 0 Å². The van der Waals surface area contributed by atoms with Gasteiger partial charge in [0.1, 0.15) is 5.76 Å². The Morgan fingerprint density at radius 2 is 2.00 bits per heavy atom. The van der Waals surface area contributed by atoms with Crippen molar-refractivity contribution in [3.05, 3.63) is 24.2 Å². The van der Waals surface area contributed by atoms with Crippen LogP contribution in [0.25, 0.3) is 0 Å². The van der Waals surface area contributed by atoms with Crippen molar-refractivity contribution in [3.63, 3.8) is 0 Å². The predicted molar refractivity (Wildman–Crippen MR) is 66.7 cm³/mol. The molecule has 2 bridgehead atoms. The number of rotatable bonds is 4. The van der Waals surface area contributed by atoms with Gasteiger partial charge in [0.05, 0.1) is 32.4 Å². The van der Waals surface area contributed by atoms with Gasteiger partial charge in [-0.1, -0.05) is 0 Å². The third-order valence-corrected chi connectivity index (χ3v) is 4.19. The summed E-state index contributed by atoms with van der Waals surface area (Å²) in [6.45, 7) is 7.91. The lowest BCUT2D eigenvalue weighted by Gasteiger charge is -2.50. The van der Waals surface area contributed by atoms with E-state index in [9.17, 15) is 4.79 Å². The van der Waals surface area contributed by atoms with Crippen molar-refractivity contribution < 1.29 is 26.1 Å². The van der Waals surface area contributed by atoms with E-state index in [2.05, 4.69) is 10.2 Å². The van der Waals surface area contributed by atoms with Gasteiger partial charge >= 0.3 is 0 Å².